The smallest absolute Gasteiger partial charge is 0.240 e. The zero-order valence-electron chi connectivity index (χ0n) is 10.5. The third kappa shape index (κ3) is 1.11. The van der Waals surface area contributed by atoms with Crippen LogP contribution in [0.1, 0.15) is 26.7 Å². The molecule has 0 aliphatic carbocycles. The Balaban J connectivity index is 2.07. The Morgan fingerprint density at radius 2 is 2.00 bits per heavy atom. The lowest BCUT2D eigenvalue weighted by Crippen LogP contribution is -2.78. The Kier molecular flexibility index (Phi) is 2.14. The van der Waals surface area contributed by atoms with Crippen molar-refractivity contribution in [2.45, 2.75) is 31.7 Å². The fourth-order valence-electron chi connectivity index (χ4n) is 3.37. The molecule has 0 aromatic carbocycles. The second kappa shape index (κ2) is 3.19. The number of carbonyl (C=O) groups excluding carboxylic acids is 2. The first kappa shape index (κ1) is 11.4. The van der Waals surface area contributed by atoms with Gasteiger partial charge in [0.05, 0.1) is 0 Å². The van der Waals surface area contributed by atoms with E-state index in [0.717, 1.165) is 25.1 Å². The van der Waals surface area contributed by atoms with Crippen molar-refractivity contribution >= 4 is 23.6 Å². The van der Waals surface area contributed by atoms with Crippen molar-refractivity contribution in [1.82, 2.24) is 9.80 Å². The van der Waals surface area contributed by atoms with E-state index in [9.17, 15) is 9.59 Å². The van der Waals surface area contributed by atoms with Gasteiger partial charge in [0.15, 0.2) is 4.99 Å². The summed E-state index contributed by atoms with van der Waals surface area (Å²) in [6, 6.07) is 0. The van der Waals surface area contributed by atoms with E-state index >= 15 is 0 Å². The summed E-state index contributed by atoms with van der Waals surface area (Å²) < 4.78 is 0. The topological polar surface area (TPSA) is 40.6 Å². The number of hydrogen-bond donors (Lipinski definition) is 0. The molecule has 2 atom stereocenters. The van der Waals surface area contributed by atoms with Crippen LogP contribution in [0.5, 0.6) is 0 Å². The minimum atomic E-state index is -0.891. The second-order valence-corrected chi connectivity index (χ2v) is 6.98. The molecule has 17 heavy (non-hydrogen) atoms. The van der Waals surface area contributed by atoms with E-state index in [1.807, 2.05) is 16.8 Å². The molecular formula is C12H18N2O2S. The van der Waals surface area contributed by atoms with Crippen molar-refractivity contribution in [2.75, 3.05) is 19.3 Å². The van der Waals surface area contributed by atoms with Gasteiger partial charge >= 0.3 is 0 Å². The highest BCUT2D eigenvalue weighted by molar-refractivity contribution is 8.02. The summed E-state index contributed by atoms with van der Waals surface area (Å²) in [6.07, 6.45) is 2.20. The Hall–Kier alpha value is -0.710. The first-order valence-corrected chi connectivity index (χ1v) is 7.15. The molecule has 0 bridgehead atoms. The molecule has 0 radical (unpaired) electrons. The number of nitrogens with zero attached hydrogens (tertiary/aromatic N) is 2. The summed E-state index contributed by atoms with van der Waals surface area (Å²) in [7, 11) is 1.86. The van der Waals surface area contributed by atoms with Crippen LogP contribution in [0.15, 0.2) is 0 Å². The van der Waals surface area contributed by atoms with Crippen LogP contribution in [0, 0.1) is 11.3 Å². The standard InChI is InChI=1S/C12H18N2O2S/c1-11(2)9(15)13(3)12-8(7-17-12)5-4-6-14(12)10(11)16/h8H,4-7H2,1-3H3. The third-order valence-corrected chi connectivity index (χ3v) is 6.27. The summed E-state index contributed by atoms with van der Waals surface area (Å²) in [5.41, 5.74) is -0.891. The van der Waals surface area contributed by atoms with E-state index in [1.165, 1.54) is 0 Å². The molecule has 3 heterocycles. The van der Waals surface area contributed by atoms with Gasteiger partial charge in [-0.25, -0.2) is 0 Å². The summed E-state index contributed by atoms with van der Waals surface area (Å²) in [5.74, 6) is 1.52. The fraction of sp³-hybridized carbons (Fsp3) is 0.833. The molecule has 0 saturated carbocycles. The first-order valence-electron chi connectivity index (χ1n) is 6.16. The molecule has 1 spiro atoms. The molecule has 0 aromatic rings. The number of amides is 2. The molecule has 3 rings (SSSR count). The first-order chi connectivity index (χ1) is 7.92. The van der Waals surface area contributed by atoms with Crippen LogP contribution in [0.4, 0.5) is 0 Å². The zero-order valence-corrected chi connectivity index (χ0v) is 11.3. The third-order valence-electron chi connectivity index (χ3n) is 4.45. The van der Waals surface area contributed by atoms with Crippen molar-refractivity contribution in [2.24, 2.45) is 11.3 Å². The molecule has 2 unspecified atom stereocenters. The largest absolute Gasteiger partial charge is 0.313 e. The molecule has 0 N–H and O–H groups in total. The highest BCUT2D eigenvalue weighted by atomic mass is 32.2. The van der Waals surface area contributed by atoms with Gasteiger partial charge in [-0.2, -0.15) is 0 Å². The molecule has 3 saturated heterocycles. The summed E-state index contributed by atoms with van der Waals surface area (Å²) >= 11 is 1.75. The lowest BCUT2D eigenvalue weighted by molar-refractivity contribution is -0.184. The van der Waals surface area contributed by atoms with Gasteiger partial charge in [-0.3, -0.25) is 9.59 Å². The Bertz CT molecular complexity index is 409. The van der Waals surface area contributed by atoms with Gasteiger partial charge in [0.2, 0.25) is 11.8 Å². The van der Waals surface area contributed by atoms with Crippen molar-refractivity contribution < 1.29 is 9.59 Å². The number of rotatable bonds is 0. The summed E-state index contributed by atoms with van der Waals surface area (Å²) in [6.45, 7) is 4.28. The Morgan fingerprint density at radius 3 is 2.59 bits per heavy atom. The van der Waals surface area contributed by atoms with Crippen LogP contribution in [-0.4, -0.2) is 46.0 Å². The number of carbonyl (C=O) groups is 2. The Labute approximate surface area is 106 Å². The molecule has 2 amide bonds. The maximum Gasteiger partial charge on any atom is 0.240 e. The monoisotopic (exact) mass is 254 g/mol. The molecule has 5 heteroatoms. The molecule has 0 aromatic heterocycles. The van der Waals surface area contributed by atoms with Crippen LogP contribution in [0.25, 0.3) is 0 Å². The molecule has 94 valence electrons. The Morgan fingerprint density at radius 1 is 1.29 bits per heavy atom. The van der Waals surface area contributed by atoms with Gasteiger partial charge in [-0.15, -0.1) is 11.8 Å². The summed E-state index contributed by atoms with van der Waals surface area (Å²) in [4.78, 5) is 28.3. The van der Waals surface area contributed by atoms with E-state index in [0.29, 0.717) is 5.92 Å². The van der Waals surface area contributed by atoms with Crippen molar-refractivity contribution in [1.29, 1.82) is 0 Å². The minimum Gasteiger partial charge on any atom is -0.313 e. The molecule has 4 nitrogen and oxygen atoms in total. The lowest BCUT2D eigenvalue weighted by atomic mass is 9.81. The van der Waals surface area contributed by atoms with E-state index in [-0.39, 0.29) is 16.8 Å². The lowest BCUT2D eigenvalue weighted by Gasteiger charge is -2.65. The maximum atomic E-state index is 12.5. The van der Waals surface area contributed by atoms with E-state index < -0.39 is 5.41 Å². The van der Waals surface area contributed by atoms with Gasteiger partial charge in [-0.1, -0.05) is 0 Å². The highest BCUT2D eigenvalue weighted by Gasteiger charge is 2.66. The maximum absolute atomic E-state index is 12.5. The number of hydrogen-bond acceptors (Lipinski definition) is 3. The number of piperidine rings is 1. The van der Waals surface area contributed by atoms with Crippen LogP contribution in [0.2, 0.25) is 0 Å². The second-order valence-electron chi connectivity index (χ2n) is 5.75. The molecule has 3 fully saturated rings. The van der Waals surface area contributed by atoms with Crippen molar-refractivity contribution in [3.63, 3.8) is 0 Å². The minimum absolute atomic E-state index is 0.0116. The fourth-order valence-corrected chi connectivity index (χ4v) is 4.96. The van der Waals surface area contributed by atoms with Gasteiger partial charge in [0.25, 0.3) is 0 Å². The SMILES string of the molecule is CN1C(=O)C(C)(C)C(=O)N2CCCC3CSC312. The van der Waals surface area contributed by atoms with Crippen LogP contribution in [0.3, 0.4) is 0 Å². The van der Waals surface area contributed by atoms with Gasteiger partial charge < -0.3 is 9.80 Å². The van der Waals surface area contributed by atoms with E-state index in [1.54, 1.807) is 25.6 Å². The summed E-state index contributed by atoms with van der Waals surface area (Å²) in [5, 5.41) is 0. The average Bonchev–Trinajstić information content (AvgIpc) is 2.26. The predicted octanol–water partition coefficient (Wildman–Crippen LogP) is 1.12. The van der Waals surface area contributed by atoms with Crippen molar-refractivity contribution in [3.05, 3.63) is 0 Å². The van der Waals surface area contributed by atoms with Gasteiger partial charge in [0, 0.05) is 25.3 Å². The van der Waals surface area contributed by atoms with E-state index in [2.05, 4.69) is 0 Å². The van der Waals surface area contributed by atoms with Crippen LogP contribution < -0.4 is 0 Å². The van der Waals surface area contributed by atoms with Crippen molar-refractivity contribution in [3.8, 4) is 0 Å². The normalized spacial score (nSPS) is 39.6. The van der Waals surface area contributed by atoms with Crippen LogP contribution >= 0.6 is 11.8 Å². The molecular weight excluding hydrogens is 236 g/mol. The molecule has 3 aliphatic rings. The zero-order chi connectivity index (χ0) is 12.4. The van der Waals surface area contributed by atoms with Crippen LogP contribution in [-0.2, 0) is 9.59 Å². The average molecular weight is 254 g/mol. The van der Waals surface area contributed by atoms with E-state index in [4.69, 9.17) is 0 Å². The quantitative estimate of drug-likeness (QED) is 0.608. The highest BCUT2D eigenvalue weighted by Crippen LogP contribution is 2.57. The van der Waals surface area contributed by atoms with Gasteiger partial charge in [-0.05, 0) is 26.7 Å². The number of thioether (sulfide) groups is 1. The van der Waals surface area contributed by atoms with Gasteiger partial charge in [0.1, 0.15) is 5.41 Å². The molecule has 3 aliphatic heterocycles. The predicted molar refractivity (Wildman–Crippen MR) is 66.2 cm³/mol.